The maximum Gasteiger partial charge on any atom is 0.329 e. The van der Waals surface area contributed by atoms with Crippen LogP contribution >= 0.6 is 23.2 Å². The Labute approximate surface area is 145 Å². The Kier molecular flexibility index (Phi) is 4.26. The van der Waals surface area contributed by atoms with Crippen LogP contribution in [-0.4, -0.2) is 12.0 Å². The molecule has 0 spiro atoms. The number of aryl methyl sites for hydroxylation is 1. The summed E-state index contributed by atoms with van der Waals surface area (Å²) in [5, 5.41) is 4.60. The second kappa shape index (κ2) is 6.06. The number of carbonyl (C=O) groups excluding carboxylic acids is 1. The van der Waals surface area contributed by atoms with Crippen LogP contribution in [0.2, 0.25) is 10.0 Å². The molecule has 1 N–H and O–H groups in total. The quantitative estimate of drug-likeness (QED) is 0.797. The first-order valence-electron chi connectivity index (χ1n) is 7.39. The van der Waals surface area contributed by atoms with Crippen molar-refractivity contribution in [2.45, 2.75) is 31.9 Å². The van der Waals surface area contributed by atoms with Gasteiger partial charge in [0.05, 0.1) is 0 Å². The van der Waals surface area contributed by atoms with Crippen molar-refractivity contribution < 1.29 is 9.53 Å². The van der Waals surface area contributed by atoms with Gasteiger partial charge in [-0.05, 0) is 55.3 Å². The molecule has 1 heterocycles. The normalized spacial score (nSPS) is 23.7. The third-order valence-corrected chi connectivity index (χ3v) is 4.66. The largest absolute Gasteiger partial charge is 0.453 e. The first-order chi connectivity index (χ1) is 10.9. The van der Waals surface area contributed by atoms with E-state index in [0.29, 0.717) is 16.5 Å². The van der Waals surface area contributed by atoms with Gasteiger partial charge in [0.1, 0.15) is 11.6 Å². The molecule has 0 saturated carbocycles. The number of halogens is 2. The molecule has 3 rings (SSSR count). The van der Waals surface area contributed by atoms with Crippen LogP contribution in [0, 0.1) is 6.92 Å². The van der Waals surface area contributed by atoms with E-state index in [9.17, 15) is 4.79 Å². The van der Waals surface area contributed by atoms with Gasteiger partial charge in [0.2, 0.25) is 0 Å². The molecule has 2 aromatic rings. The fraction of sp³-hybridized carbons (Fsp3) is 0.278. The smallest absolute Gasteiger partial charge is 0.329 e. The van der Waals surface area contributed by atoms with E-state index < -0.39 is 11.6 Å². The highest BCUT2D eigenvalue weighted by molar-refractivity contribution is 6.31. The molecule has 3 nitrogen and oxygen atoms in total. The monoisotopic (exact) mass is 349 g/mol. The first kappa shape index (κ1) is 16.2. The topological polar surface area (TPSA) is 38.3 Å². The molecule has 1 aliphatic rings. The van der Waals surface area contributed by atoms with Crippen molar-refractivity contribution in [3.63, 3.8) is 0 Å². The average molecular weight is 350 g/mol. The molecule has 120 valence electrons. The standard InChI is InChI=1S/C18H17Cl2NO2/c1-11-9-14(20)7-8-15(11)21-16-10-18(2,23-17(16)22)12-3-5-13(19)6-4-12/h3-9,16,21H,10H2,1-2H3. The highest BCUT2D eigenvalue weighted by Gasteiger charge is 2.44. The fourth-order valence-electron chi connectivity index (χ4n) is 2.87. The Bertz CT molecular complexity index is 745. The second-order valence-electron chi connectivity index (χ2n) is 6.02. The van der Waals surface area contributed by atoms with E-state index in [1.54, 1.807) is 18.2 Å². The van der Waals surface area contributed by atoms with E-state index in [0.717, 1.165) is 16.8 Å². The van der Waals surface area contributed by atoms with Gasteiger partial charge in [-0.25, -0.2) is 4.79 Å². The van der Waals surface area contributed by atoms with Gasteiger partial charge in [0.15, 0.2) is 0 Å². The number of esters is 1. The van der Waals surface area contributed by atoms with Gasteiger partial charge in [-0.3, -0.25) is 0 Å². The zero-order valence-corrected chi connectivity index (χ0v) is 14.4. The minimum Gasteiger partial charge on any atom is -0.453 e. The SMILES string of the molecule is Cc1cc(Cl)ccc1NC1CC(C)(c2ccc(Cl)cc2)OC1=O. The number of benzene rings is 2. The minimum absolute atomic E-state index is 0.253. The number of ether oxygens (including phenoxy) is 1. The Morgan fingerprint density at radius 1 is 1.13 bits per heavy atom. The van der Waals surface area contributed by atoms with Crippen LogP contribution in [0.4, 0.5) is 5.69 Å². The van der Waals surface area contributed by atoms with E-state index in [-0.39, 0.29) is 5.97 Å². The molecule has 1 aliphatic heterocycles. The summed E-state index contributed by atoms with van der Waals surface area (Å²) in [5.41, 5.74) is 2.16. The minimum atomic E-state index is -0.653. The summed E-state index contributed by atoms with van der Waals surface area (Å²) in [4.78, 5) is 12.3. The maximum atomic E-state index is 12.3. The van der Waals surface area contributed by atoms with Gasteiger partial charge in [0, 0.05) is 22.2 Å². The van der Waals surface area contributed by atoms with Crippen molar-refractivity contribution in [2.24, 2.45) is 0 Å². The van der Waals surface area contributed by atoms with Gasteiger partial charge in [-0.1, -0.05) is 35.3 Å². The van der Waals surface area contributed by atoms with Crippen molar-refractivity contribution in [1.29, 1.82) is 0 Å². The molecule has 0 aromatic heterocycles. The van der Waals surface area contributed by atoms with Gasteiger partial charge < -0.3 is 10.1 Å². The molecule has 0 bridgehead atoms. The number of carbonyl (C=O) groups is 1. The van der Waals surface area contributed by atoms with Crippen LogP contribution in [0.3, 0.4) is 0 Å². The van der Waals surface area contributed by atoms with Gasteiger partial charge in [0.25, 0.3) is 0 Å². The average Bonchev–Trinajstić information content (AvgIpc) is 2.78. The summed E-state index contributed by atoms with van der Waals surface area (Å²) in [7, 11) is 0. The van der Waals surface area contributed by atoms with Crippen molar-refractivity contribution in [3.05, 3.63) is 63.6 Å². The van der Waals surface area contributed by atoms with E-state index in [2.05, 4.69) is 5.32 Å². The number of hydrogen-bond acceptors (Lipinski definition) is 3. The summed E-state index contributed by atoms with van der Waals surface area (Å²) in [6.45, 7) is 3.87. The van der Waals surface area contributed by atoms with Gasteiger partial charge >= 0.3 is 5.97 Å². The molecule has 1 saturated heterocycles. The highest BCUT2D eigenvalue weighted by atomic mass is 35.5. The number of anilines is 1. The lowest BCUT2D eigenvalue weighted by Crippen LogP contribution is -2.25. The van der Waals surface area contributed by atoms with Crippen molar-refractivity contribution in [2.75, 3.05) is 5.32 Å². The summed E-state index contributed by atoms with van der Waals surface area (Å²) in [6, 6.07) is 12.5. The van der Waals surface area contributed by atoms with E-state index in [1.165, 1.54) is 0 Å². The summed E-state index contributed by atoms with van der Waals surface area (Å²) >= 11 is 11.9. The fourth-order valence-corrected chi connectivity index (χ4v) is 3.23. The predicted molar refractivity (Wildman–Crippen MR) is 93.1 cm³/mol. The van der Waals surface area contributed by atoms with Crippen molar-refractivity contribution in [1.82, 2.24) is 0 Å². The third-order valence-electron chi connectivity index (χ3n) is 4.18. The lowest BCUT2D eigenvalue weighted by Gasteiger charge is -2.23. The molecule has 23 heavy (non-hydrogen) atoms. The zero-order chi connectivity index (χ0) is 16.6. The molecule has 5 heteroatoms. The summed E-state index contributed by atoms with van der Waals surface area (Å²) < 4.78 is 5.65. The number of nitrogens with one attached hydrogen (secondary N) is 1. The number of rotatable bonds is 3. The molecule has 0 radical (unpaired) electrons. The molecule has 0 amide bonds. The van der Waals surface area contributed by atoms with Crippen LogP contribution in [-0.2, 0) is 15.1 Å². The Morgan fingerprint density at radius 2 is 1.78 bits per heavy atom. The van der Waals surface area contributed by atoms with Crippen molar-refractivity contribution in [3.8, 4) is 0 Å². The lowest BCUT2D eigenvalue weighted by molar-refractivity contribution is -0.148. The zero-order valence-electron chi connectivity index (χ0n) is 12.9. The van der Waals surface area contributed by atoms with E-state index >= 15 is 0 Å². The molecule has 0 aliphatic carbocycles. The Hall–Kier alpha value is -1.71. The third kappa shape index (κ3) is 3.31. The number of cyclic esters (lactones) is 1. The maximum absolute atomic E-state index is 12.3. The van der Waals surface area contributed by atoms with Crippen LogP contribution in [0.25, 0.3) is 0 Å². The summed E-state index contributed by atoms with van der Waals surface area (Å²) in [5.74, 6) is -0.253. The van der Waals surface area contributed by atoms with Crippen molar-refractivity contribution >= 4 is 34.9 Å². The molecule has 2 atom stereocenters. The molecular weight excluding hydrogens is 333 g/mol. The molecule has 2 aromatic carbocycles. The molecule has 1 fully saturated rings. The van der Waals surface area contributed by atoms with Crippen LogP contribution < -0.4 is 5.32 Å². The summed E-state index contributed by atoms with van der Waals surface area (Å²) in [6.07, 6.45) is 0.551. The lowest BCUT2D eigenvalue weighted by atomic mass is 9.91. The van der Waals surface area contributed by atoms with Crippen LogP contribution in [0.15, 0.2) is 42.5 Å². The predicted octanol–water partition coefficient (Wildman–Crippen LogP) is 4.94. The number of hydrogen-bond donors (Lipinski definition) is 1. The van der Waals surface area contributed by atoms with Crippen LogP contribution in [0.1, 0.15) is 24.5 Å². The second-order valence-corrected chi connectivity index (χ2v) is 6.89. The van der Waals surface area contributed by atoms with Crippen LogP contribution in [0.5, 0.6) is 0 Å². The van der Waals surface area contributed by atoms with Gasteiger partial charge in [-0.2, -0.15) is 0 Å². The molecular formula is C18H17Cl2NO2. The molecule has 2 unspecified atom stereocenters. The Balaban J connectivity index is 1.80. The highest BCUT2D eigenvalue weighted by Crippen LogP contribution is 2.38. The first-order valence-corrected chi connectivity index (χ1v) is 8.14. The van der Waals surface area contributed by atoms with Gasteiger partial charge in [-0.15, -0.1) is 0 Å². The Morgan fingerprint density at radius 3 is 2.43 bits per heavy atom. The van der Waals surface area contributed by atoms with E-state index in [1.807, 2.05) is 38.1 Å². The van der Waals surface area contributed by atoms with E-state index in [4.69, 9.17) is 27.9 Å².